The van der Waals surface area contributed by atoms with E-state index in [1.54, 1.807) is 11.8 Å². The summed E-state index contributed by atoms with van der Waals surface area (Å²) in [5, 5.41) is 0. The van der Waals surface area contributed by atoms with E-state index in [4.69, 9.17) is 4.74 Å². The molecule has 1 saturated heterocycles. The Hall–Kier alpha value is -2.70. The van der Waals surface area contributed by atoms with Gasteiger partial charge in [-0.3, -0.25) is 0 Å². The third kappa shape index (κ3) is 5.07. The summed E-state index contributed by atoms with van der Waals surface area (Å²) < 4.78 is 21.1. The fourth-order valence-corrected chi connectivity index (χ4v) is 3.70. The van der Waals surface area contributed by atoms with Crippen molar-refractivity contribution in [2.75, 3.05) is 29.9 Å². The van der Waals surface area contributed by atoms with Crippen LogP contribution in [0.25, 0.3) is 0 Å². The summed E-state index contributed by atoms with van der Waals surface area (Å²) in [6, 6.07) is 8.03. The third-order valence-electron chi connectivity index (χ3n) is 5.65. The minimum atomic E-state index is -0.391. The van der Waals surface area contributed by atoms with Crippen molar-refractivity contribution in [3.8, 4) is 5.75 Å². The Morgan fingerprint density at radius 3 is 2.60 bits per heavy atom. The summed E-state index contributed by atoms with van der Waals surface area (Å²) in [5.41, 5.74) is 1.12. The number of ketones is 1. The van der Waals surface area contributed by atoms with Crippen LogP contribution in [0, 0.1) is 5.82 Å². The molecular formula is C23H31FN4O2. The number of carbonyl (C=O) groups is 1. The van der Waals surface area contributed by atoms with E-state index in [2.05, 4.69) is 9.97 Å². The number of nitrogens with zero attached hydrogens (tertiary/aromatic N) is 4. The van der Waals surface area contributed by atoms with Gasteiger partial charge >= 0.3 is 0 Å². The zero-order chi connectivity index (χ0) is 21.8. The summed E-state index contributed by atoms with van der Waals surface area (Å²) in [5.74, 6) is 1.41. The highest BCUT2D eigenvalue weighted by molar-refractivity contribution is 5.76. The molecule has 0 N–H and O–H groups in total. The van der Waals surface area contributed by atoms with E-state index in [1.807, 2.05) is 57.0 Å². The molecule has 6 nitrogen and oxygen atoms in total. The third-order valence-corrected chi connectivity index (χ3v) is 5.65. The summed E-state index contributed by atoms with van der Waals surface area (Å²) in [6.45, 7) is 8.90. The molecule has 1 aliphatic heterocycles. The van der Waals surface area contributed by atoms with E-state index in [-0.39, 0.29) is 23.8 Å². The standard InChI is InChI=1S/C23H31FN4O2/c1-15(2)27(5)22-21(24)23(26-14-25-22)28-11-10-20(13-28)30-19-8-6-18(7-9-19)16(3)12-17(4)29/h6-9,14-16,20H,10-13H2,1-5H3/t16-,20-/m1/s1. The first-order chi connectivity index (χ1) is 14.3. The van der Waals surface area contributed by atoms with Crippen molar-refractivity contribution in [3.05, 3.63) is 42.0 Å². The molecule has 3 rings (SSSR count). The van der Waals surface area contributed by atoms with Crippen molar-refractivity contribution in [1.82, 2.24) is 9.97 Å². The first-order valence-electron chi connectivity index (χ1n) is 10.5. The van der Waals surface area contributed by atoms with Crippen LogP contribution in [-0.4, -0.2) is 48.0 Å². The summed E-state index contributed by atoms with van der Waals surface area (Å²) in [6.07, 6.45) is 2.71. The SMILES string of the molecule is CC(=O)C[C@@H](C)c1ccc(O[C@@H]2CCN(c3ncnc(N(C)C(C)C)c3F)C2)cc1. The van der Waals surface area contributed by atoms with E-state index < -0.39 is 5.82 Å². The number of anilines is 2. The van der Waals surface area contributed by atoms with Gasteiger partial charge in [0.1, 0.15) is 24.0 Å². The van der Waals surface area contributed by atoms with Gasteiger partial charge in [0, 0.05) is 32.5 Å². The van der Waals surface area contributed by atoms with Gasteiger partial charge in [-0.15, -0.1) is 0 Å². The average molecular weight is 415 g/mol. The normalized spacial score (nSPS) is 17.3. The predicted octanol–water partition coefficient (Wildman–Crippen LogP) is 4.20. The molecule has 1 aliphatic rings. The first kappa shape index (κ1) is 22.0. The van der Waals surface area contributed by atoms with Gasteiger partial charge in [-0.25, -0.2) is 9.97 Å². The van der Waals surface area contributed by atoms with Crippen LogP contribution >= 0.6 is 0 Å². The average Bonchev–Trinajstić information content (AvgIpc) is 3.15. The number of benzene rings is 1. The van der Waals surface area contributed by atoms with Crippen molar-refractivity contribution in [2.24, 2.45) is 0 Å². The van der Waals surface area contributed by atoms with Crippen LogP contribution in [-0.2, 0) is 4.79 Å². The second-order valence-electron chi connectivity index (χ2n) is 8.39. The predicted molar refractivity (Wildman–Crippen MR) is 117 cm³/mol. The Morgan fingerprint density at radius 1 is 1.27 bits per heavy atom. The minimum Gasteiger partial charge on any atom is -0.489 e. The fourth-order valence-electron chi connectivity index (χ4n) is 3.70. The van der Waals surface area contributed by atoms with Gasteiger partial charge in [0.25, 0.3) is 0 Å². The Labute approximate surface area is 178 Å². The summed E-state index contributed by atoms with van der Waals surface area (Å²) in [7, 11) is 1.83. The van der Waals surface area contributed by atoms with E-state index in [1.165, 1.54) is 6.33 Å². The number of aromatic nitrogens is 2. The lowest BCUT2D eigenvalue weighted by Crippen LogP contribution is -2.30. The molecule has 2 atom stereocenters. The molecule has 0 unspecified atom stereocenters. The molecule has 2 aromatic rings. The largest absolute Gasteiger partial charge is 0.489 e. The minimum absolute atomic E-state index is 0.0360. The molecule has 0 spiro atoms. The van der Waals surface area contributed by atoms with E-state index in [9.17, 15) is 4.79 Å². The lowest BCUT2D eigenvalue weighted by molar-refractivity contribution is -0.117. The highest BCUT2D eigenvalue weighted by Gasteiger charge is 2.29. The number of hydrogen-bond donors (Lipinski definition) is 0. The van der Waals surface area contributed by atoms with Gasteiger partial charge in [0.05, 0.1) is 6.54 Å². The molecule has 0 radical (unpaired) electrons. The zero-order valence-corrected chi connectivity index (χ0v) is 18.4. The molecule has 2 heterocycles. The van der Waals surface area contributed by atoms with Crippen LogP contribution in [0.2, 0.25) is 0 Å². The van der Waals surface area contributed by atoms with Gasteiger partial charge in [-0.05, 0) is 44.4 Å². The van der Waals surface area contributed by atoms with Crippen molar-refractivity contribution in [2.45, 2.75) is 58.6 Å². The summed E-state index contributed by atoms with van der Waals surface area (Å²) in [4.78, 5) is 23.4. The number of hydrogen-bond acceptors (Lipinski definition) is 6. The van der Waals surface area contributed by atoms with Crippen LogP contribution in [0.5, 0.6) is 5.75 Å². The Balaban J connectivity index is 1.64. The molecule has 0 aliphatic carbocycles. The van der Waals surface area contributed by atoms with Crippen LogP contribution in [0.1, 0.15) is 52.0 Å². The Kier molecular flexibility index (Phi) is 6.90. The van der Waals surface area contributed by atoms with Crippen LogP contribution in [0.4, 0.5) is 16.0 Å². The smallest absolute Gasteiger partial charge is 0.208 e. The first-order valence-corrected chi connectivity index (χ1v) is 10.5. The molecule has 0 saturated carbocycles. The van der Waals surface area contributed by atoms with Gasteiger partial charge in [-0.2, -0.15) is 4.39 Å². The number of rotatable bonds is 8. The molecule has 1 aromatic carbocycles. The molecule has 0 amide bonds. The molecule has 7 heteroatoms. The molecule has 162 valence electrons. The molecule has 1 fully saturated rings. The van der Waals surface area contributed by atoms with E-state index in [0.717, 1.165) is 17.7 Å². The highest BCUT2D eigenvalue weighted by Crippen LogP contribution is 2.29. The van der Waals surface area contributed by atoms with Gasteiger partial charge in [0.2, 0.25) is 5.82 Å². The topological polar surface area (TPSA) is 58.6 Å². The second-order valence-corrected chi connectivity index (χ2v) is 8.39. The lowest BCUT2D eigenvalue weighted by atomic mass is 9.96. The second kappa shape index (κ2) is 9.41. The number of Topliss-reactive ketones (excluding diaryl/α,β-unsaturated/α-hetero) is 1. The maximum atomic E-state index is 15.0. The van der Waals surface area contributed by atoms with Crippen LogP contribution < -0.4 is 14.5 Å². The number of carbonyl (C=O) groups excluding carboxylic acids is 1. The fraction of sp³-hybridized carbons (Fsp3) is 0.522. The Bertz CT molecular complexity index is 872. The molecule has 1 aromatic heterocycles. The zero-order valence-electron chi connectivity index (χ0n) is 18.4. The Morgan fingerprint density at radius 2 is 1.97 bits per heavy atom. The highest BCUT2D eigenvalue weighted by atomic mass is 19.1. The molecular weight excluding hydrogens is 383 g/mol. The van der Waals surface area contributed by atoms with E-state index >= 15 is 4.39 Å². The maximum Gasteiger partial charge on any atom is 0.208 e. The van der Waals surface area contributed by atoms with Gasteiger partial charge < -0.3 is 19.3 Å². The van der Waals surface area contributed by atoms with Gasteiger partial charge in [-0.1, -0.05) is 19.1 Å². The quantitative estimate of drug-likeness (QED) is 0.645. The van der Waals surface area contributed by atoms with Crippen molar-refractivity contribution < 1.29 is 13.9 Å². The molecule has 30 heavy (non-hydrogen) atoms. The van der Waals surface area contributed by atoms with Crippen LogP contribution in [0.15, 0.2) is 30.6 Å². The lowest BCUT2D eigenvalue weighted by Gasteiger charge is -2.25. The van der Waals surface area contributed by atoms with Crippen molar-refractivity contribution in [3.63, 3.8) is 0 Å². The van der Waals surface area contributed by atoms with Crippen molar-refractivity contribution in [1.29, 1.82) is 0 Å². The number of ether oxygens (including phenoxy) is 1. The van der Waals surface area contributed by atoms with Gasteiger partial charge in [0.15, 0.2) is 11.6 Å². The van der Waals surface area contributed by atoms with Crippen molar-refractivity contribution >= 4 is 17.4 Å². The van der Waals surface area contributed by atoms with E-state index in [0.29, 0.717) is 31.1 Å². The maximum absolute atomic E-state index is 15.0. The van der Waals surface area contributed by atoms with Crippen LogP contribution in [0.3, 0.4) is 0 Å². The number of halogens is 1. The monoisotopic (exact) mass is 414 g/mol. The summed E-state index contributed by atoms with van der Waals surface area (Å²) >= 11 is 0. The molecule has 0 bridgehead atoms.